The second kappa shape index (κ2) is 6.81. The topological polar surface area (TPSA) is 12.0 Å². The molecule has 3 rings (SSSR count). The van der Waals surface area contributed by atoms with Crippen LogP contribution in [0.5, 0.6) is 0 Å². The maximum atomic E-state index is 6.23. The number of thiophene rings is 1. The molecule has 1 aromatic heterocycles. The minimum absolute atomic E-state index is 0.765. The number of rotatable bonds is 4. The zero-order valence-corrected chi connectivity index (χ0v) is 14.9. The zero-order chi connectivity index (χ0) is 14.7. The lowest BCUT2D eigenvalue weighted by Crippen LogP contribution is -1.98. The molecule has 0 radical (unpaired) electrons. The number of anilines is 1. The molecule has 0 aliphatic heterocycles. The van der Waals surface area contributed by atoms with Crippen molar-refractivity contribution >= 4 is 51.2 Å². The van der Waals surface area contributed by atoms with Gasteiger partial charge < -0.3 is 5.32 Å². The smallest absolute Gasteiger partial charge is 0.0648 e. The van der Waals surface area contributed by atoms with Crippen LogP contribution in [0.2, 0.25) is 5.02 Å². The summed E-state index contributed by atoms with van der Waals surface area (Å²) in [6.45, 7) is 0.789. The van der Waals surface area contributed by atoms with Crippen molar-refractivity contribution in [3.05, 3.63) is 73.4 Å². The zero-order valence-electron chi connectivity index (χ0n) is 11.1. The molecule has 106 valence electrons. The molecule has 0 aliphatic rings. The Kier molecular flexibility index (Phi) is 4.83. The second-order valence-corrected chi connectivity index (χ2v) is 7.29. The quantitative estimate of drug-likeness (QED) is 0.485. The van der Waals surface area contributed by atoms with Crippen molar-refractivity contribution in [2.24, 2.45) is 0 Å². The standard InChI is InChI=1S/C17H13ClINS/c18-16-9-14(19)6-7-17(16)20-10-15-8-13(11-21-15)12-4-2-1-3-5-12/h1-9,11,20H,10H2. The molecule has 0 unspecified atom stereocenters. The third kappa shape index (κ3) is 3.78. The van der Waals surface area contributed by atoms with E-state index in [1.807, 2.05) is 18.2 Å². The van der Waals surface area contributed by atoms with Gasteiger partial charge in [0.05, 0.1) is 10.7 Å². The molecule has 0 saturated heterocycles. The first-order valence-electron chi connectivity index (χ1n) is 6.54. The Balaban J connectivity index is 1.70. The molecule has 3 aromatic rings. The predicted molar refractivity (Wildman–Crippen MR) is 101 cm³/mol. The number of hydrogen-bond donors (Lipinski definition) is 1. The minimum atomic E-state index is 0.765. The first-order chi connectivity index (χ1) is 10.2. The Morgan fingerprint density at radius 1 is 1.00 bits per heavy atom. The summed E-state index contributed by atoms with van der Waals surface area (Å²) in [5, 5.41) is 6.36. The van der Waals surface area contributed by atoms with Crippen molar-refractivity contribution in [1.82, 2.24) is 0 Å². The average molecular weight is 426 g/mol. The summed E-state index contributed by atoms with van der Waals surface area (Å²) < 4.78 is 1.14. The maximum absolute atomic E-state index is 6.23. The van der Waals surface area contributed by atoms with E-state index in [1.54, 1.807) is 11.3 Å². The fourth-order valence-electron chi connectivity index (χ4n) is 2.07. The van der Waals surface area contributed by atoms with E-state index < -0.39 is 0 Å². The van der Waals surface area contributed by atoms with Crippen LogP contribution in [0.15, 0.2) is 60.0 Å². The number of hydrogen-bond acceptors (Lipinski definition) is 2. The molecule has 0 bridgehead atoms. The Morgan fingerprint density at radius 3 is 2.57 bits per heavy atom. The number of halogens is 2. The van der Waals surface area contributed by atoms with Crippen LogP contribution in [0, 0.1) is 3.57 Å². The van der Waals surface area contributed by atoms with Gasteiger partial charge in [-0.2, -0.15) is 0 Å². The van der Waals surface area contributed by atoms with Crippen LogP contribution in [0.1, 0.15) is 4.88 Å². The van der Waals surface area contributed by atoms with Crippen LogP contribution in [0.3, 0.4) is 0 Å². The molecule has 0 amide bonds. The first kappa shape index (κ1) is 14.9. The van der Waals surface area contributed by atoms with E-state index in [1.165, 1.54) is 16.0 Å². The molecule has 1 heterocycles. The van der Waals surface area contributed by atoms with Crippen LogP contribution in [0.25, 0.3) is 11.1 Å². The lowest BCUT2D eigenvalue weighted by molar-refractivity contribution is 1.19. The highest BCUT2D eigenvalue weighted by Gasteiger charge is 2.04. The van der Waals surface area contributed by atoms with Crippen molar-refractivity contribution in [3.8, 4) is 11.1 Å². The van der Waals surface area contributed by atoms with Gasteiger partial charge in [-0.15, -0.1) is 11.3 Å². The van der Waals surface area contributed by atoms with Gasteiger partial charge in [0.15, 0.2) is 0 Å². The van der Waals surface area contributed by atoms with Crippen LogP contribution in [-0.4, -0.2) is 0 Å². The normalized spacial score (nSPS) is 10.6. The average Bonchev–Trinajstić information content (AvgIpc) is 2.96. The van der Waals surface area contributed by atoms with Gasteiger partial charge >= 0.3 is 0 Å². The maximum Gasteiger partial charge on any atom is 0.0648 e. The fourth-order valence-corrected chi connectivity index (χ4v) is 3.83. The van der Waals surface area contributed by atoms with E-state index in [4.69, 9.17) is 11.6 Å². The summed E-state index contributed by atoms with van der Waals surface area (Å²) >= 11 is 10.3. The Hall–Kier alpha value is -1.04. The van der Waals surface area contributed by atoms with Crippen molar-refractivity contribution < 1.29 is 0 Å². The van der Waals surface area contributed by atoms with E-state index in [0.29, 0.717) is 0 Å². The van der Waals surface area contributed by atoms with Crippen molar-refractivity contribution in [2.75, 3.05) is 5.32 Å². The van der Waals surface area contributed by atoms with Gasteiger partial charge in [0.2, 0.25) is 0 Å². The predicted octanol–water partition coefficient (Wildman–Crippen LogP) is 6.29. The highest BCUT2D eigenvalue weighted by molar-refractivity contribution is 14.1. The van der Waals surface area contributed by atoms with Gasteiger partial charge in [-0.1, -0.05) is 41.9 Å². The van der Waals surface area contributed by atoms with Gasteiger partial charge in [-0.25, -0.2) is 0 Å². The van der Waals surface area contributed by atoms with E-state index in [9.17, 15) is 0 Å². The molecule has 1 N–H and O–H groups in total. The van der Waals surface area contributed by atoms with Gasteiger partial charge in [-0.05, 0) is 63.4 Å². The minimum Gasteiger partial charge on any atom is -0.379 e. The Morgan fingerprint density at radius 2 is 1.81 bits per heavy atom. The second-order valence-electron chi connectivity index (χ2n) is 4.65. The molecule has 21 heavy (non-hydrogen) atoms. The highest BCUT2D eigenvalue weighted by Crippen LogP contribution is 2.28. The lowest BCUT2D eigenvalue weighted by Gasteiger charge is -2.07. The summed E-state index contributed by atoms with van der Waals surface area (Å²) in [6, 6.07) is 18.7. The van der Waals surface area contributed by atoms with Crippen molar-refractivity contribution in [2.45, 2.75) is 6.54 Å². The third-order valence-electron chi connectivity index (χ3n) is 3.15. The van der Waals surface area contributed by atoms with E-state index in [-0.39, 0.29) is 0 Å². The number of nitrogens with one attached hydrogen (secondary N) is 1. The Bertz CT molecular complexity index is 740. The van der Waals surface area contributed by atoms with E-state index >= 15 is 0 Å². The van der Waals surface area contributed by atoms with Crippen molar-refractivity contribution in [1.29, 1.82) is 0 Å². The summed E-state index contributed by atoms with van der Waals surface area (Å²) in [6.07, 6.45) is 0. The summed E-state index contributed by atoms with van der Waals surface area (Å²) in [5.74, 6) is 0. The Labute approximate surface area is 147 Å². The van der Waals surface area contributed by atoms with Crippen molar-refractivity contribution in [3.63, 3.8) is 0 Å². The summed E-state index contributed by atoms with van der Waals surface area (Å²) in [7, 11) is 0. The molecule has 2 aromatic carbocycles. The van der Waals surface area contributed by atoms with Crippen LogP contribution >= 0.6 is 45.5 Å². The molecule has 0 aliphatic carbocycles. The highest BCUT2D eigenvalue weighted by atomic mass is 127. The summed E-state index contributed by atoms with van der Waals surface area (Å²) in [4.78, 5) is 1.29. The van der Waals surface area contributed by atoms with Crippen LogP contribution in [0.4, 0.5) is 5.69 Å². The molecular formula is C17H13ClINS. The lowest BCUT2D eigenvalue weighted by atomic mass is 10.1. The van der Waals surface area contributed by atoms with Gasteiger partial charge in [-0.3, -0.25) is 0 Å². The van der Waals surface area contributed by atoms with E-state index in [2.05, 4.69) is 69.7 Å². The SMILES string of the molecule is Clc1cc(I)ccc1NCc1cc(-c2ccccc2)cs1. The summed E-state index contributed by atoms with van der Waals surface area (Å²) in [5.41, 5.74) is 3.50. The van der Waals surface area contributed by atoms with Crippen LogP contribution < -0.4 is 5.32 Å². The molecule has 0 fully saturated rings. The molecule has 0 spiro atoms. The molecule has 1 nitrogen and oxygen atoms in total. The largest absolute Gasteiger partial charge is 0.379 e. The van der Waals surface area contributed by atoms with E-state index in [0.717, 1.165) is 20.8 Å². The van der Waals surface area contributed by atoms with Gasteiger partial charge in [0, 0.05) is 15.0 Å². The molecule has 0 atom stereocenters. The molecule has 0 saturated carbocycles. The third-order valence-corrected chi connectivity index (χ3v) is 5.07. The van der Waals surface area contributed by atoms with Gasteiger partial charge in [0.25, 0.3) is 0 Å². The number of benzene rings is 2. The first-order valence-corrected chi connectivity index (χ1v) is 8.88. The monoisotopic (exact) mass is 425 g/mol. The molecule has 4 heteroatoms. The molecular weight excluding hydrogens is 413 g/mol. The van der Waals surface area contributed by atoms with Crippen LogP contribution in [-0.2, 0) is 6.54 Å². The van der Waals surface area contributed by atoms with Gasteiger partial charge in [0.1, 0.15) is 0 Å². The fraction of sp³-hybridized carbons (Fsp3) is 0.0588.